The van der Waals surface area contributed by atoms with Crippen molar-refractivity contribution in [3.63, 3.8) is 0 Å². The van der Waals surface area contributed by atoms with Gasteiger partial charge in [-0.15, -0.1) is 0 Å². The zero-order chi connectivity index (χ0) is 15.6. The van der Waals surface area contributed by atoms with Crippen LogP contribution in [0.15, 0.2) is 45.6 Å². The maximum atomic E-state index is 11.5. The number of amides is 1. The van der Waals surface area contributed by atoms with Gasteiger partial charge in [0.25, 0.3) is 0 Å². The molecule has 0 radical (unpaired) electrons. The van der Waals surface area contributed by atoms with E-state index < -0.39 is 11.9 Å². The Kier molecular flexibility index (Phi) is 4.12. The minimum absolute atomic E-state index is 0.273. The molecule has 2 aromatic rings. The smallest absolute Gasteiger partial charge is 0.336 e. The molecular weight excluding hydrogens is 270 g/mol. The van der Waals surface area contributed by atoms with Gasteiger partial charge < -0.3 is 14.5 Å². The minimum atomic E-state index is -0.525. The molecule has 0 fully saturated rings. The van der Waals surface area contributed by atoms with E-state index in [1.807, 2.05) is 13.0 Å². The van der Waals surface area contributed by atoms with Crippen molar-refractivity contribution in [1.82, 2.24) is 5.32 Å². The van der Waals surface area contributed by atoms with E-state index in [1.165, 1.54) is 6.07 Å². The second kappa shape index (κ2) is 5.83. The number of fused-ring (bicyclic) bond motifs is 1. The molecule has 1 amide bonds. The topological polar surface area (TPSA) is 68.5 Å². The third-order valence-corrected chi connectivity index (χ3v) is 2.96. The lowest BCUT2D eigenvalue weighted by Crippen LogP contribution is -2.36. The predicted octanol–water partition coefficient (Wildman–Crippen LogP) is 2.52. The van der Waals surface area contributed by atoms with Crippen LogP contribution in [-0.4, -0.2) is 12.1 Å². The van der Waals surface area contributed by atoms with Crippen LogP contribution in [0.4, 0.5) is 0 Å². The maximum Gasteiger partial charge on any atom is 0.336 e. The fourth-order valence-corrected chi connectivity index (χ4v) is 1.92. The summed E-state index contributed by atoms with van der Waals surface area (Å²) < 4.78 is 10.7. The molecule has 0 saturated heterocycles. The van der Waals surface area contributed by atoms with Gasteiger partial charge in [0.05, 0.1) is 0 Å². The van der Waals surface area contributed by atoms with Crippen LogP contribution in [0.25, 0.3) is 11.0 Å². The highest BCUT2D eigenvalue weighted by Gasteiger charge is 2.10. The van der Waals surface area contributed by atoms with E-state index in [-0.39, 0.29) is 5.91 Å². The Labute approximate surface area is 122 Å². The quantitative estimate of drug-likeness (QED) is 0.533. The van der Waals surface area contributed by atoms with E-state index in [0.29, 0.717) is 16.9 Å². The summed E-state index contributed by atoms with van der Waals surface area (Å²) in [6.07, 6.45) is -0.525. The van der Waals surface area contributed by atoms with Crippen LogP contribution in [0.3, 0.4) is 0 Å². The number of benzene rings is 1. The molecule has 1 unspecified atom stereocenters. The summed E-state index contributed by atoms with van der Waals surface area (Å²) in [5.41, 5.74) is 1.30. The first kappa shape index (κ1) is 14.8. The number of carbonyl (C=O) groups excluding carboxylic acids is 1. The molecule has 5 nitrogen and oxygen atoms in total. The Morgan fingerprint density at radius 2 is 2.10 bits per heavy atom. The average molecular weight is 287 g/mol. The maximum absolute atomic E-state index is 11.5. The van der Waals surface area contributed by atoms with Crippen LogP contribution >= 0.6 is 0 Å². The van der Waals surface area contributed by atoms with Gasteiger partial charge >= 0.3 is 5.63 Å². The SMILES string of the molecule is C=C(C)C(=O)NC(C)Oc1ccc2c(C)cc(=O)oc2c1. The molecule has 1 aromatic carbocycles. The second-order valence-corrected chi connectivity index (χ2v) is 4.92. The van der Waals surface area contributed by atoms with Crippen molar-refractivity contribution in [3.8, 4) is 5.75 Å². The van der Waals surface area contributed by atoms with Gasteiger partial charge in [-0.2, -0.15) is 0 Å². The number of hydrogen-bond acceptors (Lipinski definition) is 4. The summed E-state index contributed by atoms with van der Waals surface area (Å²) in [4.78, 5) is 22.9. The van der Waals surface area contributed by atoms with Crippen molar-refractivity contribution in [2.45, 2.75) is 27.0 Å². The van der Waals surface area contributed by atoms with Crippen LogP contribution in [0.1, 0.15) is 19.4 Å². The Morgan fingerprint density at radius 3 is 2.76 bits per heavy atom. The Hall–Kier alpha value is -2.56. The lowest BCUT2D eigenvalue weighted by Gasteiger charge is -2.16. The standard InChI is InChI=1S/C16H17NO4/c1-9(2)16(19)17-11(4)20-12-5-6-13-10(3)7-15(18)21-14(13)8-12/h5-8,11H,1H2,2-4H3,(H,17,19). The molecule has 0 aliphatic heterocycles. The molecule has 1 N–H and O–H groups in total. The number of carbonyl (C=O) groups is 1. The van der Waals surface area contributed by atoms with E-state index in [4.69, 9.17) is 9.15 Å². The van der Waals surface area contributed by atoms with Crippen LogP contribution in [0.2, 0.25) is 0 Å². The van der Waals surface area contributed by atoms with Gasteiger partial charge in [0.15, 0.2) is 6.23 Å². The number of rotatable bonds is 4. The van der Waals surface area contributed by atoms with Crippen molar-refractivity contribution < 1.29 is 13.9 Å². The number of ether oxygens (including phenoxy) is 1. The molecule has 0 saturated carbocycles. The van der Waals surface area contributed by atoms with Gasteiger partial charge in [-0.25, -0.2) is 4.79 Å². The van der Waals surface area contributed by atoms with Gasteiger partial charge in [-0.05, 0) is 38.5 Å². The van der Waals surface area contributed by atoms with Gasteiger partial charge in [0.1, 0.15) is 11.3 Å². The summed E-state index contributed by atoms with van der Waals surface area (Å²) >= 11 is 0. The zero-order valence-electron chi connectivity index (χ0n) is 12.2. The fourth-order valence-electron chi connectivity index (χ4n) is 1.92. The van der Waals surface area contributed by atoms with Crippen LogP contribution < -0.4 is 15.7 Å². The third-order valence-electron chi connectivity index (χ3n) is 2.96. The van der Waals surface area contributed by atoms with Crippen LogP contribution in [0.5, 0.6) is 5.75 Å². The molecular formula is C16H17NO4. The molecule has 2 rings (SSSR count). The van der Waals surface area contributed by atoms with Crippen LogP contribution in [0, 0.1) is 6.92 Å². The van der Waals surface area contributed by atoms with Gasteiger partial charge in [0, 0.05) is 23.1 Å². The molecule has 5 heteroatoms. The largest absolute Gasteiger partial charge is 0.471 e. The monoisotopic (exact) mass is 287 g/mol. The highest BCUT2D eigenvalue weighted by molar-refractivity contribution is 5.92. The van der Waals surface area contributed by atoms with Crippen molar-refractivity contribution in [2.75, 3.05) is 0 Å². The molecule has 1 aromatic heterocycles. The Balaban J connectivity index is 2.21. The van der Waals surface area contributed by atoms with E-state index in [1.54, 1.807) is 26.0 Å². The first-order valence-corrected chi connectivity index (χ1v) is 6.54. The second-order valence-electron chi connectivity index (χ2n) is 4.92. The number of aryl methyl sites for hydroxylation is 1. The molecule has 0 aliphatic carbocycles. The van der Waals surface area contributed by atoms with E-state index in [0.717, 1.165) is 10.9 Å². The molecule has 0 bridgehead atoms. The van der Waals surface area contributed by atoms with E-state index in [2.05, 4.69) is 11.9 Å². The highest BCUT2D eigenvalue weighted by Crippen LogP contribution is 2.22. The molecule has 1 atom stereocenters. The highest BCUT2D eigenvalue weighted by atomic mass is 16.5. The lowest BCUT2D eigenvalue weighted by molar-refractivity contribution is -0.119. The lowest BCUT2D eigenvalue weighted by atomic mass is 10.1. The normalized spacial score (nSPS) is 12.0. The molecule has 0 aliphatic rings. The van der Waals surface area contributed by atoms with Crippen molar-refractivity contribution in [2.24, 2.45) is 0 Å². The summed E-state index contributed by atoms with van der Waals surface area (Å²) in [5, 5.41) is 3.49. The zero-order valence-corrected chi connectivity index (χ0v) is 12.2. The average Bonchev–Trinajstić information content (AvgIpc) is 2.37. The summed E-state index contributed by atoms with van der Waals surface area (Å²) in [6.45, 7) is 8.73. The van der Waals surface area contributed by atoms with Crippen LogP contribution in [-0.2, 0) is 4.79 Å². The summed E-state index contributed by atoms with van der Waals surface area (Å²) in [6, 6.07) is 6.65. The molecule has 1 heterocycles. The van der Waals surface area contributed by atoms with Crippen molar-refractivity contribution in [3.05, 3.63) is 52.4 Å². The summed E-state index contributed by atoms with van der Waals surface area (Å²) in [7, 11) is 0. The minimum Gasteiger partial charge on any atom is -0.471 e. The first-order valence-electron chi connectivity index (χ1n) is 6.54. The number of hydrogen-bond donors (Lipinski definition) is 1. The fraction of sp³-hybridized carbons (Fsp3) is 0.250. The molecule has 21 heavy (non-hydrogen) atoms. The van der Waals surface area contributed by atoms with E-state index >= 15 is 0 Å². The molecule has 0 spiro atoms. The summed E-state index contributed by atoms with van der Waals surface area (Å²) in [5.74, 6) is 0.233. The van der Waals surface area contributed by atoms with E-state index in [9.17, 15) is 9.59 Å². The van der Waals surface area contributed by atoms with Crippen molar-refractivity contribution >= 4 is 16.9 Å². The van der Waals surface area contributed by atoms with Gasteiger partial charge in [0.2, 0.25) is 5.91 Å². The predicted molar refractivity (Wildman–Crippen MR) is 80.3 cm³/mol. The van der Waals surface area contributed by atoms with Crippen molar-refractivity contribution in [1.29, 1.82) is 0 Å². The first-order chi connectivity index (χ1) is 9.86. The van der Waals surface area contributed by atoms with Gasteiger partial charge in [-0.3, -0.25) is 4.79 Å². The third kappa shape index (κ3) is 3.51. The Bertz CT molecular complexity index is 760. The Morgan fingerprint density at radius 1 is 1.38 bits per heavy atom. The molecule has 110 valence electrons. The number of nitrogens with one attached hydrogen (secondary N) is 1. The van der Waals surface area contributed by atoms with Gasteiger partial charge in [-0.1, -0.05) is 6.58 Å².